The Balaban J connectivity index is 1.57. The highest BCUT2D eigenvalue weighted by molar-refractivity contribution is 6.04. The molecule has 0 fully saturated rings. The molecular weight excluding hydrogens is 376 g/mol. The summed E-state index contributed by atoms with van der Waals surface area (Å²) in [7, 11) is 0. The van der Waals surface area contributed by atoms with Gasteiger partial charge in [-0.15, -0.1) is 0 Å². The van der Waals surface area contributed by atoms with E-state index >= 15 is 0 Å². The van der Waals surface area contributed by atoms with Crippen molar-refractivity contribution >= 4 is 17.5 Å². The van der Waals surface area contributed by atoms with E-state index in [9.17, 15) is 9.59 Å². The number of hydrogen-bond donors (Lipinski definition) is 2. The summed E-state index contributed by atoms with van der Waals surface area (Å²) in [5.74, 6) is 0.166. The average Bonchev–Trinajstić information content (AvgIpc) is 2.74. The number of aryl methyl sites for hydroxylation is 2. The Morgan fingerprint density at radius 1 is 0.833 bits per heavy atom. The van der Waals surface area contributed by atoms with E-state index in [2.05, 4.69) is 10.6 Å². The molecule has 0 aromatic heterocycles. The SMILES string of the molecule is Cc1cccc(C)c1OCC(=O)Nc1ccccc1C(=O)NCCc1ccccc1. The molecule has 5 heteroatoms. The quantitative estimate of drug-likeness (QED) is 0.591. The van der Waals surface area contributed by atoms with Gasteiger partial charge in [0.25, 0.3) is 11.8 Å². The summed E-state index contributed by atoms with van der Waals surface area (Å²) in [5.41, 5.74) is 3.99. The molecule has 0 unspecified atom stereocenters. The van der Waals surface area contributed by atoms with Gasteiger partial charge in [-0.05, 0) is 49.1 Å². The van der Waals surface area contributed by atoms with Crippen LogP contribution in [0.25, 0.3) is 0 Å². The summed E-state index contributed by atoms with van der Waals surface area (Å²) in [5, 5.41) is 5.70. The second-order valence-corrected chi connectivity index (χ2v) is 7.09. The van der Waals surface area contributed by atoms with E-state index in [1.165, 1.54) is 0 Å². The van der Waals surface area contributed by atoms with Crippen molar-refractivity contribution in [2.24, 2.45) is 0 Å². The summed E-state index contributed by atoms with van der Waals surface area (Å²) in [6.07, 6.45) is 0.741. The van der Waals surface area contributed by atoms with Gasteiger partial charge in [0.1, 0.15) is 5.75 Å². The standard InChI is InChI=1S/C25H26N2O3/c1-18-9-8-10-19(2)24(18)30-17-23(28)27-22-14-7-6-13-21(22)25(29)26-16-15-20-11-4-3-5-12-20/h3-14H,15-17H2,1-2H3,(H,26,29)(H,27,28). The summed E-state index contributed by atoms with van der Waals surface area (Å²) in [4.78, 5) is 25.0. The van der Waals surface area contributed by atoms with Crippen LogP contribution in [-0.4, -0.2) is 25.0 Å². The van der Waals surface area contributed by atoms with Gasteiger partial charge in [0.15, 0.2) is 6.61 Å². The topological polar surface area (TPSA) is 67.4 Å². The predicted octanol–water partition coefficient (Wildman–Crippen LogP) is 4.29. The number of ether oxygens (including phenoxy) is 1. The molecule has 0 radical (unpaired) electrons. The molecule has 3 aromatic rings. The molecule has 0 atom stereocenters. The molecule has 5 nitrogen and oxygen atoms in total. The lowest BCUT2D eigenvalue weighted by molar-refractivity contribution is -0.118. The lowest BCUT2D eigenvalue weighted by Crippen LogP contribution is -2.28. The van der Waals surface area contributed by atoms with Gasteiger partial charge in [-0.25, -0.2) is 0 Å². The Bertz CT molecular complexity index is 996. The Kier molecular flexibility index (Phi) is 7.22. The first-order valence-corrected chi connectivity index (χ1v) is 9.94. The number of benzene rings is 3. The molecule has 0 heterocycles. The minimum atomic E-state index is -0.317. The van der Waals surface area contributed by atoms with Crippen LogP contribution in [0.5, 0.6) is 5.75 Å². The predicted molar refractivity (Wildman–Crippen MR) is 119 cm³/mol. The zero-order chi connectivity index (χ0) is 21.3. The van der Waals surface area contributed by atoms with Crippen LogP contribution < -0.4 is 15.4 Å². The molecule has 0 saturated carbocycles. The van der Waals surface area contributed by atoms with Crippen molar-refractivity contribution in [3.8, 4) is 5.75 Å². The van der Waals surface area contributed by atoms with Gasteiger partial charge in [0.2, 0.25) is 0 Å². The summed E-state index contributed by atoms with van der Waals surface area (Å²) in [6.45, 7) is 4.26. The number of rotatable bonds is 8. The smallest absolute Gasteiger partial charge is 0.262 e. The highest BCUT2D eigenvalue weighted by Crippen LogP contribution is 2.22. The third-order valence-electron chi connectivity index (χ3n) is 4.74. The zero-order valence-corrected chi connectivity index (χ0v) is 17.3. The van der Waals surface area contributed by atoms with Crippen molar-refractivity contribution in [2.75, 3.05) is 18.5 Å². The summed E-state index contributed by atoms with van der Waals surface area (Å²) >= 11 is 0. The van der Waals surface area contributed by atoms with Gasteiger partial charge in [-0.2, -0.15) is 0 Å². The van der Waals surface area contributed by atoms with Crippen LogP contribution in [0.15, 0.2) is 72.8 Å². The van der Waals surface area contributed by atoms with Crippen LogP contribution in [-0.2, 0) is 11.2 Å². The summed E-state index contributed by atoms with van der Waals surface area (Å²) in [6, 6.07) is 22.7. The largest absolute Gasteiger partial charge is 0.483 e. The van der Waals surface area contributed by atoms with Crippen molar-refractivity contribution in [1.82, 2.24) is 5.32 Å². The molecule has 3 rings (SSSR count). The molecule has 0 aliphatic carbocycles. The maximum absolute atomic E-state index is 12.6. The first-order valence-electron chi connectivity index (χ1n) is 9.94. The number of anilines is 1. The van der Waals surface area contributed by atoms with E-state index < -0.39 is 0 Å². The minimum Gasteiger partial charge on any atom is -0.483 e. The molecule has 2 amide bonds. The fourth-order valence-electron chi connectivity index (χ4n) is 3.20. The Morgan fingerprint density at radius 2 is 1.50 bits per heavy atom. The fraction of sp³-hybridized carbons (Fsp3) is 0.200. The first kappa shape index (κ1) is 21.1. The van der Waals surface area contributed by atoms with Gasteiger partial charge in [0, 0.05) is 6.54 Å². The molecule has 2 N–H and O–H groups in total. The van der Waals surface area contributed by atoms with Gasteiger partial charge in [0.05, 0.1) is 11.3 Å². The third-order valence-corrected chi connectivity index (χ3v) is 4.74. The number of carbonyl (C=O) groups excluding carboxylic acids is 2. The van der Waals surface area contributed by atoms with E-state index in [0.717, 1.165) is 23.1 Å². The van der Waals surface area contributed by atoms with Crippen molar-refractivity contribution in [3.63, 3.8) is 0 Å². The molecule has 0 bridgehead atoms. The number of para-hydroxylation sites is 2. The van der Waals surface area contributed by atoms with Gasteiger partial charge in [-0.1, -0.05) is 60.7 Å². The molecule has 30 heavy (non-hydrogen) atoms. The van der Waals surface area contributed by atoms with Crippen LogP contribution in [0.1, 0.15) is 27.0 Å². The van der Waals surface area contributed by atoms with Crippen LogP contribution >= 0.6 is 0 Å². The van der Waals surface area contributed by atoms with Gasteiger partial charge in [-0.3, -0.25) is 9.59 Å². The first-order chi connectivity index (χ1) is 14.5. The molecular formula is C25H26N2O3. The van der Waals surface area contributed by atoms with E-state index in [1.807, 2.05) is 62.4 Å². The van der Waals surface area contributed by atoms with E-state index in [4.69, 9.17) is 4.74 Å². The Morgan fingerprint density at radius 3 is 2.23 bits per heavy atom. The lowest BCUT2D eigenvalue weighted by atomic mass is 10.1. The molecule has 3 aromatic carbocycles. The highest BCUT2D eigenvalue weighted by Gasteiger charge is 2.14. The minimum absolute atomic E-state index is 0.129. The molecule has 154 valence electrons. The van der Waals surface area contributed by atoms with Crippen LogP contribution in [0.2, 0.25) is 0 Å². The molecule has 0 spiro atoms. The van der Waals surface area contributed by atoms with E-state index in [-0.39, 0.29) is 18.4 Å². The lowest BCUT2D eigenvalue weighted by Gasteiger charge is -2.14. The number of carbonyl (C=O) groups is 2. The zero-order valence-electron chi connectivity index (χ0n) is 17.3. The second-order valence-electron chi connectivity index (χ2n) is 7.09. The van der Waals surface area contributed by atoms with Crippen LogP contribution in [0.4, 0.5) is 5.69 Å². The maximum Gasteiger partial charge on any atom is 0.262 e. The van der Waals surface area contributed by atoms with Crippen molar-refractivity contribution in [3.05, 3.63) is 95.1 Å². The normalized spacial score (nSPS) is 10.3. The van der Waals surface area contributed by atoms with Crippen LogP contribution in [0, 0.1) is 13.8 Å². The Labute approximate surface area is 177 Å². The highest BCUT2D eigenvalue weighted by atomic mass is 16.5. The molecule has 0 aliphatic rings. The van der Waals surface area contributed by atoms with Crippen molar-refractivity contribution < 1.29 is 14.3 Å². The fourth-order valence-corrected chi connectivity index (χ4v) is 3.20. The van der Waals surface area contributed by atoms with Gasteiger partial charge >= 0.3 is 0 Å². The second kappa shape index (κ2) is 10.3. The number of nitrogens with one attached hydrogen (secondary N) is 2. The Hall–Kier alpha value is -3.60. The molecule has 0 aliphatic heterocycles. The van der Waals surface area contributed by atoms with Gasteiger partial charge < -0.3 is 15.4 Å². The van der Waals surface area contributed by atoms with E-state index in [0.29, 0.717) is 23.5 Å². The van der Waals surface area contributed by atoms with E-state index in [1.54, 1.807) is 24.3 Å². The number of amides is 2. The van der Waals surface area contributed by atoms with Crippen molar-refractivity contribution in [2.45, 2.75) is 20.3 Å². The monoisotopic (exact) mass is 402 g/mol. The number of hydrogen-bond acceptors (Lipinski definition) is 3. The maximum atomic E-state index is 12.6. The molecule has 0 saturated heterocycles. The summed E-state index contributed by atoms with van der Waals surface area (Å²) < 4.78 is 5.70. The van der Waals surface area contributed by atoms with Crippen LogP contribution in [0.3, 0.4) is 0 Å². The third kappa shape index (κ3) is 5.70. The van der Waals surface area contributed by atoms with Crippen molar-refractivity contribution in [1.29, 1.82) is 0 Å². The average molecular weight is 402 g/mol.